The first-order chi connectivity index (χ1) is 14.7. The van der Waals surface area contributed by atoms with Gasteiger partial charge in [-0.25, -0.2) is 4.79 Å². The molecule has 0 fully saturated rings. The quantitative estimate of drug-likeness (QED) is 0.595. The van der Waals surface area contributed by atoms with Crippen molar-refractivity contribution in [3.05, 3.63) is 54.1 Å². The zero-order valence-electron chi connectivity index (χ0n) is 18.3. The molecule has 0 radical (unpaired) electrons. The van der Waals surface area contributed by atoms with Gasteiger partial charge in [0.05, 0.1) is 18.5 Å². The molecule has 0 aliphatic carbocycles. The Kier molecular flexibility index (Phi) is 8.43. The summed E-state index contributed by atoms with van der Waals surface area (Å²) in [6.07, 6.45) is 0.147. The largest absolute Gasteiger partial charge is 0.497 e. The molecule has 0 atom stereocenters. The van der Waals surface area contributed by atoms with E-state index in [-0.39, 0.29) is 18.9 Å². The van der Waals surface area contributed by atoms with Crippen LogP contribution in [0.1, 0.15) is 32.8 Å². The third-order valence-electron chi connectivity index (χ3n) is 4.04. The van der Waals surface area contributed by atoms with Crippen molar-refractivity contribution in [2.75, 3.05) is 24.3 Å². The van der Waals surface area contributed by atoms with Crippen molar-refractivity contribution < 1.29 is 23.9 Å². The van der Waals surface area contributed by atoms with Crippen LogP contribution in [-0.4, -0.2) is 37.2 Å². The van der Waals surface area contributed by atoms with Crippen molar-refractivity contribution in [1.82, 2.24) is 5.32 Å². The Bertz CT molecular complexity index is 921. The van der Waals surface area contributed by atoms with Gasteiger partial charge < -0.3 is 25.4 Å². The summed E-state index contributed by atoms with van der Waals surface area (Å²) in [7, 11) is 1.60. The average Bonchev–Trinajstić information content (AvgIpc) is 2.71. The van der Waals surface area contributed by atoms with Crippen LogP contribution in [-0.2, 0) is 20.7 Å². The highest BCUT2D eigenvalue weighted by Gasteiger charge is 2.17. The van der Waals surface area contributed by atoms with Crippen LogP contribution in [0, 0.1) is 0 Å². The fourth-order valence-corrected chi connectivity index (χ4v) is 2.66. The summed E-state index contributed by atoms with van der Waals surface area (Å²) in [5.41, 5.74) is 1.25. The minimum Gasteiger partial charge on any atom is -0.497 e. The lowest BCUT2D eigenvalue weighted by atomic mass is 10.1. The number of carbonyl (C=O) groups excluding carboxylic acids is 3. The Balaban J connectivity index is 1.88. The molecule has 31 heavy (non-hydrogen) atoms. The molecule has 2 aromatic carbocycles. The van der Waals surface area contributed by atoms with Gasteiger partial charge in [-0.2, -0.15) is 0 Å². The van der Waals surface area contributed by atoms with Crippen LogP contribution in [0.3, 0.4) is 0 Å². The number of alkyl carbamates (subject to hydrolysis) is 1. The fourth-order valence-electron chi connectivity index (χ4n) is 2.66. The molecule has 3 amide bonds. The lowest BCUT2D eigenvalue weighted by molar-refractivity contribution is -0.116. The van der Waals surface area contributed by atoms with E-state index in [9.17, 15) is 14.4 Å². The van der Waals surface area contributed by atoms with E-state index in [1.807, 2.05) is 24.3 Å². The third kappa shape index (κ3) is 8.77. The normalized spacial score (nSPS) is 10.7. The van der Waals surface area contributed by atoms with Crippen molar-refractivity contribution in [2.24, 2.45) is 0 Å². The number of anilines is 2. The molecule has 0 aliphatic rings. The molecule has 0 unspecified atom stereocenters. The maximum atomic E-state index is 12.4. The SMILES string of the molecule is COc1cccc(CCC(=O)Nc2ccccc2NC(=O)CNC(=O)OC(C)(C)C)c1. The predicted molar refractivity (Wildman–Crippen MR) is 119 cm³/mol. The number of hydrogen-bond donors (Lipinski definition) is 3. The molecular formula is C23H29N3O5. The number of nitrogens with one attached hydrogen (secondary N) is 3. The summed E-state index contributed by atoms with van der Waals surface area (Å²) >= 11 is 0. The van der Waals surface area contributed by atoms with Gasteiger partial charge in [0, 0.05) is 6.42 Å². The lowest BCUT2D eigenvalue weighted by Crippen LogP contribution is -2.37. The minimum atomic E-state index is -0.679. The van der Waals surface area contributed by atoms with E-state index in [0.29, 0.717) is 17.8 Å². The van der Waals surface area contributed by atoms with Gasteiger partial charge in [-0.1, -0.05) is 24.3 Å². The highest BCUT2D eigenvalue weighted by atomic mass is 16.6. The fraction of sp³-hybridized carbons (Fsp3) is 0.348. The number of rotatable bonds is 8. The van der Waals surface area contributed by atoms with Crippen LogP contribution in [0.15, 0.2) is 48.5 Å². The number of aryl methyl sites for hydroxylation is 1. The van der Waals surface area contributed by atoms with E-state index in [1.54, 1.807) is 52.1 Å². The molecule has 8 nitrogen and oxygen atoms in total. The van der Waals surface area contributed by atoms with Gasteiger partial charge in [0.2, 0.25) is 11.8 Å². The molecule has 2 aromatic rings. The summed E-state index contributed by atoms with van der Waals surface area (Å²) in [6, 6.07) is 14.4. The predicted octanol–water partition coefficient (Wildman–Crippen LogP) is 3.73. The standard InChI is InChI=1S/C23H29N3O5/c1-23(2,3)31-22(29)24-15-21(28)26-19-11-6-5-10-18(19)25-20(27)13-12-16-8-7-9-17(14-16)30-4/h5-11,14H,12-13,15H2,1-4H3,(H,24,29)(H,25,27)(H,26,28). The number of hydrogen-bond acceptors (Lipinski definition) is 5. The molecule has 0 saturated carbocycles. The van der Waals surface area contributed by atoms with Crippen molar-refractivity contribution in [2.45, 2.75) is 39.2 Å². The van der Waals surface area contributed by atoms with E-state index in [1.165, 1.54) is 0 Å². The average molecular weight is 428 g/mol. The van der Waals surface area contributed by atoms with Crippen molar-refractivity contribution >= 4 is 29.3 Å². The van der Waals surface area contributed by atoms with Crippen LogP contribution < -0.4 is 20.7 Å². The topological polar surface area (TPSA) is 106 Å². The lowest BCUT2D eigenvalue weighted by Gasteiger charge is -2.19. The van der Waals surface area contributed by atoms with Crippen LogP contribution >= 0.6 is 0 Å². The summed E-state index contributed by atoms with van der Waals surface area (Å²) in [5.74, 6) is 0.117. The molecule has 0 saturated heterocycles. The zero-order chi connectivity index (χ0) is 22.9. The number of benzene rings is 2. The highest BCUT2D eigenvalue weighted by Crippen LogP contribution is 2.21. The first kappa shape index (κ1) is 23.7. The van der Waals surface area contributed by atoms with Gasteiger partial charge >= 0.3 is 6.09 Å². The van der Waals surface area contributed by atoms with Crippen LogP contribution in [0.4, 0.5) is 16.2 Å². The summed E-state index contributed by atoms with van der Waals surface area (Å²) < 4.78 is 10.3. The molecule has 0 spiro atoms. The van der Waals surface area contributed by atoms with E-state index < -0.39 is 17.6 Å². The Morgan fingerprint density at radius 3 is 2.16 bits per heavy atom. The summed E-state index contributed by atoms with van der Waals surface area (Å²) in [4.78, 5) is 36.3. The number of methoxy groups -OCH3 is 1. The molecule has 166 valence electrons. The smallest absolute Gasteiger partial charge is 0.408 e. The van der Waals surface area contributed by atoms with Crippen molar-refractivity contribution in [1.29, 1.82) is 0 Å². The Labute approximate surface area is 182 Å². The molecule has 2 rings (SSSR count). The van der Waals surface area contributed by atoms with Crippen LogP contribution in [0.25, 0.3) is 0 Å². The maximum absolute atomic E-state index is 12.4. The second-order valence-electron chi connectivity index (χ2n) is 7.85. The highest BCUT2D eigenvalue weighted by molar-refractivity contribution is 6.00. The Morgan fingerprint density at radius 1 is 0.903 bits per heavy atom. The van der Waals surface area contributed by atoms with Crippen molar-refractivity contribution in [3.8, 4) is 5.75 Å². The number of carbonyl (C=O) groups is 3. The summed E-state index contributed by atoms with van der Waals surface area (Å²) in [5, 5.41) is 7.89. The molecule has 0 aliphatic heterocycles. The van der Waals surface area contributed by atoms with Gasteiger partial charge in [-0.05, 0) is 57.0 Å². The Morgan fingerprint density at radius 2 is 1.55 bits per heavy atom. The van der Waals surface area contributed by atoms with Gasteiger partial charge in [0.1, 0.15) is 17.9 Å². The van der Waals surface area contributed by atoms with Crippen molar-refractivity contribution in [3.63, 3.8) is 0 Å². The third-order valence-corrected chi connectivity index (χ3v) is 4.04. The Hall–Kier alpha value is -3.55. The summed E-state index contributed by atoms with van der Waals surface area (Å²) in [6.45, 7) is 4.95. The first-order valence-corrected chi connectivity index (χ1v) is 9.95. The van der Waals surface area contributed by atoms with E-state index >= 15 is 0 Å². The molecule has 3 N–H and O–H groups in total. The monoisotopic (exact) mass is 427 g/mol. The second-order valence-corrected chi connectivity index (χ2v) is 7.85. The number of para-hydroxylation sites is 2. The number of ether oxygens (including phenoxy) is 2. The van der Waals surface area contributed by atoms with E-state index in [2.05, 4.69) is 16.0 Å². The van der Waals surface area contributed by atoms with Gasteiger partial charge in [-0.15, -0.1) is 0 Å². The van der Waals surface area contributed by atoms with Crippen LogP contribution in [0.5, 0.6) is 5.75 Å². The zero-order valence-corrected chi connectivity index (χ0v) is 18.3. The molecule has 0 aromatic heterocycles. The van der Waals surface area contributed by atoms with Gasteiger partial charge in [0.25, 0.3) is 0 Å². The van der Waals surface area contributed by atoms with Gasteiger partial charge in [0.15, 0.2) is 0 Å². The number of amides is 3. The maximum Gasteiger partial charge on any atom is 0.408 e. The second kappa shape index (κ2) is 11.0. The first-order valence-electron chi connectivity index (χ1n) is 9.95. The molecule has 0 heterocycles. The van der Waals surface area contributed by atoms with E-state index in [0.717, 1.165) is 11.3 Å². The molecule has 8 heteroatoms. The molecular weight excluding hydrogens is 398 g/mol. The van der Waals surface area contributed by atoms with Crippen LogP contribution in [0.2, 0.25) is 0 Å². The van der Waals surface area contributed by atoms with Gasteiger partial charge in [-0.3, -0.25) is 9.59 Å². The minimum absolute atomic E-state index is 0.184. The van der Waals surface area contributed by atoms with E-state index in [4.69, 9.17) is 9.47 Å². The molecule has 0 bridgehead atoms.